The largest absolute Gasteiger partial charge is 0.354 e. The molecule has 1 amide bonds. The van der Waals surface area contributed by atoms with Crippen LogP contribution in [0.1, 0.15) is 12.8 Å². The molecule has 0 bridgehead atoms. The van der Waals surface area contributed by atoms with Crippen LogP contribution < -0.4 is 10.2 Å². The van der Waals surface area contributed by atoms with E-state index in [2.05, 4.69) is 30.5 Å². The number of nitrogens with zero attached hydrogens (tertiary/aromatic N) is 6. The number of nitrogens with one attached hydrogen (secondary N) is 1. The topological polar surface area (TPSA) is 88.3 Å². The molecule has 3 aromatic rings. The van der Waals surface area contributed by atoms with E-state index >= 15 is 0 Å². The molecule has 1 aliphatic rings. The Morgan fingerprint density at radius 1 is 1.39 bits per heavy atom. The van der Waals surface area contributed by atoms with Crippen LogP contribution in [0.3, 0.4) is 0 Å². The van der Waals surface area contributed by atoms with Crippen LogP contribution in [-0.4, -0.2) is 43.8 Å². The highest BCUT2D eigenvalue weighted by Gasteiger charge is 2.27. The highest BCUT2D eigenvalue weighted by molar-refractivity contribution is 7.13. The van der Waals surface area contributed by atoms with Crippen molar-refractivity contribution in [3.63, 3.8) is 0 Å². The Bertz CT molecular complexity index is 816. The van der Waals surface area contributed by atoms with Crippen LogP contribution in [0.4, 0.5) is 10.9 Å². The molecular weight excluding hydrogens is 314 g/mol. The molecular formula is C14H15N7OS. The van der Waals surface area contributed by atoms with Crippen molar-refractivity contribution in [1.29, 1.82) is 0 Å². The summed E-state index contributed by atoms with van der Waals surface area (Å²) < 4.78 is 1.65. The van der Waals surface area contributed by atoms with Gasteiger partial charge in [-0.15, -0.1) is 26.6 Å². The molecule has 0 aromatic carbocycles. The van der Waals surface area contributed by atoms with Crippen LogP contribution in [0.25, 0.3) is 5.65 Å². The molecule has 4 heterocycles. The van der Waals surface area contributed by atoms with E-state index in [1.54, 1.807) is 17.0 Å². The van der Waals surface area contributed by atoms with Crippen LogP contribution in [0.15, 0.2) is 30.0 Å². The van der Waals surface area contributed by atoms with Gasteiger partial charge in [-0.25, -0.2) is 4.98 Å². The van der Waals surface area contributed by atoms with Crippen molar-refractivity contribution in [2.75, 3.05) is 23.3 Å². The lowest BCUT2D eigenvalue weighted by Gasteiger charge is -2.32. The molecule has 1 aliphatic heterocycles. The lowest BCUT2D eigenvalue weighted by atomic mass is 9.97. The van der Waals surface area contributed by atoms with Gasteiger partial charge in [0.2, 0.25) is 5.91 Å². The summed E-state index contributed by atoms with van der Waals surface area (Å²) in [6, 6.07) is 3.81. The van der Waals surface area contributed by atoms with Crippen LogP contribution in [0.2, 0.25) is 0 Å². The van der Waals surface area contributed by atoms with Crippen LogP contribution in [0.5, 0.6) is 0 Å². The van der Waals surface area contributed by atoms with E-state index in [9.17, 15) is 4.79 Å². The van der Waals surface area contributed by atoms with E-state index in [1.807, 2.05) is 17.5 Å². The van der Waals surface area contributed by atoms with Crippen molar-refractivity contribution >= 4 is 33.8 Å². The van der Waals surface area contributed by atoms with E-state index < -0.39 is 0 Å². The zero-order chi connectivity index (χ0) is 15.6. The van der Waals surface area contributed by atoms with Gasteiger partial charge in [0.1, 0.15) is 12.1 Å². The minimum absolute atomic E-state index is 0.0232. The molecule has 1 N–H and O–H groups in total. The van der Waals surface area contributed by atoms with Crippen molar-refractivity contribution in [1.82, 2.24) is 24.8 Å². The van der Waals surface area contributed by atoms with Gasteiger partial charge in [-0.05, 0) is 25.0 Å². The first-order valence-electron chi connectivity index (χ1n) is 7.42. The molecule has 1 saturated heterocycles. The number of piperidine rings is 1. The Balaban J connectivity index is 1.48. The molecule has 9 heteroatoms. The standard InChI is InChI=1S/C14H15N7OS/c22-13(17-14-15-5-7-23-14)10-2-1-6-20(8-10)12-4-3-11-18-16-9-21(11)19-12/h3-5,7,9-10H,1-2,6,8H2,(H,15,17,22). The molecule has 0 spiro atoms. The lowest BCUT2D eigenvalue weighted by molar-refractivity contribution is -0.120. The summed E-state index contributed by atoms with van der Waals surface area (Å²) in [5.41, 5.74) is 0.712. The summed E-state index contributed by atoms with van der Waals surface area (Å²) >= 11 is 1.43. The smallest absolute Gasteiger partial charge is 0.231 e. The fraction of sp³-hybridized carbons (Fsp3) is 0.357. The van der Waals surface area contributed by atoms with Crippen molar-refractivity contribution in [2.24, 2.45) is 5.92 Å². The summed E-state index contributed by atoms with van der Waals surface area (Å²) in [6.07, 6.45) is 5.10. The second-order valence-electron chi connectivity index (χ2n) is 5.44. The highest BCUT2D eigenvalue weighted by Crippen LogP contribution is 2.23. The third-order valence-electron chi connectivity index (χ3n) is 3.93. The van der Waals surface area contributed by atoms with Gasteiger partial charge in [0.25, 0.3) is 0 Å². The molecule has 1 fully saturated rings. The predicted molar refractivity (Wildman–Crippen MR) is 86.5 cm³/mol. The molecule has 1 atom stereocenters. The second-order valence-corrected chi connectivity index (χ2v) is 6.33. The first kappa shape index (κ1) is 14.1. The summed E-state index contributed by atoms with van der Waals surface area (Å²) in [5.74, 6) is 0.796. The van der Waals surface area contributed by atoms with Gasteiger partial charge in [0.05, 0.1) is 5.92 Å². The average Bonchev–Trinajstić information content (AvgIpc) is 3.25. The van der Waals surface area contributed by atoms with Crippen molar-refractivity contribution in [2.45, 2.75) is 12.8 Å². The van der Waals surface area contributed by atoms with Crippen LogP contribution >= 0.6 is 11.3 Å². The van der Waals surface area contributed by atoms with Crippen molar-refractivity contribution in [3.05, 3.63) is 30.0 Å². The molecule has 0 radical (unpaired) electrons. The summed E-state index contributed by atoms with van der Waals surface area (Å²) in [6.45, 7) is 1.54. The van der Waals surface area contributed by atoms with Crippen molar-refractivity contribution in [3.8, 4) is 0 Å². The second kappa shape index (κ2) is 5.92. The van der Waals surface area contributed by atoms with Crippen LogP contribution in [-0.2, 0) is 4.79 Å². The summed E-state index contributed by atoms with van der Waals surface area (Å²) in [7, 11) is 0. The Labute approximate surface area is 136 Å². The number of carbonyl (C=O) groups excluding carboxylic acids is 1. The Kier molecular flexibility index (Phi) is 3.62. The molecule has 118 valence electrons. The zero-order valence-corrected chi connectivity index (χ0v) is 13.1. The Hall–Kier alpha value is -2.55. The first-order chi connectivity index (χ1) is 11.3. The zero-order valence-electron chi connectivity index (χ0n) is 12.3. The Morgan fingerprint density at radius 2 is 2.35 bits per heavy atom. The quantitative estimate of drug-likeness (QED) is 0.782. The molecule has 23 heavy (non-hydrogen) atoms. The number of fused-ring (bicyclic) bond motifs is 1. The molecule has 0 saturated carbocycles. The summed E-state index contributed by atoms with van der Waals surface area (Å²) in [5, 5.41) is 17.7. The normalized spacial score (nSPS) is 18.3. The van der Waals surface area contributed by atoms with Gasteiger partial charge in [-0.3, -0.25) is 4.79 Å². The van der Waals surface area contributed by atoms with E-state index in [1.165, 1.54) is 11.3 Å². The lowest BCUT2D eigenvalue weighted by Crippen LogP contribution is -2.41. The van der Waals surface area contributed by atoms with E-state index in [4.69, 9.17) is 0 Å². The van der Waals surface area contributed by atoms with E-state index in [0.717, 1.165) is 25.2 Å². The fourth-order valence-corrected chi connectivity index (χ4v) is 3.31. The van der Waals surface area contributed by atoms with E-state index in [0.29, 0.717) is 17.3 Å². The number of aromatic nitrogens is 5. The third kappa shape index (κ3) is 2.87. The average molecular weight is 329 g/mol. The molecule has 0 aliphatic carbocycles. The molecule has 4 rings (SSSR count). The van der Waals surface area contributed by atoms with Gasteiger partial charge in [0.15, 0.2) is 10.8 Å². The first-order valence-corrected chi connectivity index (χ1v) is 8.30. The number of amides is 1. The van der Waals surface area contributed by atoms with Gasteiger partial charge in [-0.2, -0.15) is 4.52 Å². The molecule has 1 unspecified atom stereocenters. The van der Waals surface area contributed by atoms with Gasteiger partial charge < -0.3 is 10.2 Å². The minimum Gasteiger partial charge on any atom is -0.354 e. The number of rotatable bonds is 3. The van der Waals surface area contributed by atoms with Gasteiger partial charge in [0, 0.05) is 24.7 Å². The maximum atomic E-state index is 12.4. The van der Waals surface area contributed by atoms with E-state index in [-0.39, 0.29) is 11.8 Å². The van der Waals surface area contributed by atoms with Crippen LogP contribution in [0, 0.1) is 5.92 Å². The van der Waals surface area contributed by atoms with Gasteiger partial charge >= 0.3 is 0 Å². The Morgan fingerprint density at radius 3 is 3.22 bits per heavy atom. The fourth-order valence-electron chi connectivity index (χ4n) is 2.78. The number of anilines is 2. The van der Waals surface area contributed by atoms with Gasteiger partial charge in [-0.1, -0.05) is 0 Å². The summed E-state index contributed by atoms with van der Waals surface area (Å²) in [4.78, 5) is 18.6. The predicted octanol–water partition coefficient (Wildman–Crippen LogP) is 1.44. The van der Waals surface area contributed by atoms with Crippen molar-refractivity contribution < 1.29 is 4.79 Å². The minimum atomic E-state index is -0.0638. The molecule has 8 nitrogen and oxygen atoms in total. The number of hydrogen-bond acceptors (Lipinski definition) is 7. The molecule has 3 aromatic heterocycles. The maximum Gasteiger partial charge on any atom is 0.231 e. The third-order valence-corrected chi connectivity index (χ3v) is 4.61. The number of hydrogen-bond donors (Lipinski definition) is 1. The maximum absolute atomic E-state index is 12.4. The monoisotopic (exact) mass is 329 g/mol. The number of carbonyl (C=O) groups is 1. The number of thiazole rings is 1. The highest BCUT2D eigenvalue weighted by atomic mass is 32.1. The SMILES string of the molecule is O=C(Nc1nccs1)C1CCCN(c2ccc3nncn3n2)C1.